The van der Waals surface area contributed by atoms with Crippen LogP contribution in [0.4, 0.5) is 0 Å². The van der Waals surface area contributed by atoms with Crippen LogP contribution in [0.2, 0.25) is 0 Å². The number of carbonyl (C=O) groups excluding carboxylic acids is 1. The van der Waals surface area contributed by atoms with Crippen molar-refractivity contribution in [2.75, 3.05) is 54.1 Å². The SMILES string of the molecule is COCC1(CN(C)C)COCCN1C(=O)c1cc2c(C)cccc2o1. The Morgan fingerprint density at radius 1 is 1.40 bits per heavy atom. The summed E-state index contributed by atoms with van der Waals surface area (Å²) >= 11 is 0. The molecule has 1 aliphatic rings. The Labute approximate surface area is 148 Å². The molecule has 3 rings (SSSR count). The first kappa shape index (κ1) is 17.9. The number of hydrogen-bond donors (Lipinski definition) is 0. The Balaban J connectivity index is 1.97. The van der Waals surface area contributed by atoms with Gasteiger partial charge in [-0.15, -0.1) is 0 Å². The summed E-state index contributed by atoms with van der Waals surface area (Å²) in [5.74, 6) is 0.253. The zero-order valence-corrected chi connectivity index (χ0v) is 15.4. The van der Waals surface area contributed by atoms with Crippen LogP contribution >= 0.6 is 0 Å². The van der Waals surface area contributed by atoms with Crippen LogP contribution in [0, 0.1) is 6.92 Å². The molecule has 0 aliphatic carbocycles. The van der Waals surface area contributed by atoms with E-state index in [0.29, 0.717) is 38.7 Å². The topological polar surface area (TPSA) is 55.2 Å². The maximum Gasteiger partial charge on any atom is 0.290 e. The molecule has 1 fully saturated rings. The van der Waals surface area contributed by atoms with Gasteiger partial charge in [0.2, 0.25) is 0 Å². The minimum absolute atomic E-state index is 0.113. The van der Waals surface area contributed by atoms with Crippen molar-refractivity contribution in [3.8, 4) is 0 Å². The Morgan fingerprint density at radius 2 is 2.20 bits per heavy atom. The van der Waals surface area contributed by atoms with Crippen molar-refractivity contribution in [3.05, 3.63) is 35.6 Å². The Bertz CT molecular complexity index is 751. The van der Waals surface area contributed by atoms with Gasteiger partial charge in [0.15, 0.2) is 5.76 Å². The molecule has 0 saturated carbocycles. The summed E-state index contributed by atoms with van der Waals surface area (Å²) in [5.41, 5.74) is 1.31. The Kier molecular flexibility index (Phi) is 5.13. The number of hydrogen-bond acceptors (Lipinski definition) is 5. The van der Waals surface area contributed by atoms with Gasteiger partial charge >= 0.3 is 0 Å². The van der Waals surface area contributed by atoms with Gasteiger partial charge < -0.3 is 23.7 Å². The normalized spacial score (nSPS) is 21.2. The molecule has 1 saturated heterocycles. The highest BCUT2D eigenvalue weighted by atomic mass is 16.5. The van der Waals surface area contributed by atoms with E-state index in [4.69, 9.17) is 13.9 Å². The van der Waals surface area contributed by atoms with Crippen LogP contribution < -0.4 is 0 Å². The van der Waals surface area contributed by atoms with Crippen molar-refractivity contribution < 1.29 is 18.7 Å². The molecule has 0 radical (unpaired) electrons. The zero-order chi connectivity index (χ0) is 18.0. The average Bonchev–Trinajstić information content (AvgIpc) is 3.00. The highest BCUT2D eigenvalue weighted by Gasteiger charge is 2.44. The second-order valence-electron chi connectivity index (χ2n) is 7.00. The second-order valence-corrected chi connectivity index (χ2v) is 7.00. The fraction of sp³-hybridized carbons (Fsp3) is 0.526. The molecule has 1 aromatic carbocycles. The van der Waals surface area contributed by atoms with E-state index in [9.17, 15) is 4.79 Å². The minimum Gasteiger partial charge on any atom is -0.451 e. The zero-order valence-electron chi connectivity index (χ0n) is 15.4. The number of rotatable bonds is 5. The summed E-state index contributed by atoms with van der Waals surface area (Å²) in [6.07, 6.45) is 0. The van der Waals surface area contributed by atoms with E-state index >= 15 is 0 Å². The average molecular weight is 346 g/mol. The molecule has 2 aromatic rings. The predicted octanol–water partition coefficient (Wildman–Crippen LogP) is 2.16. The summed E-state index contributed by atoms with van der Waals surface area (Å²) < 4.78 is 17.0. The molecule has 6 nitrogen and oxygen atoms in total. The third-order valence-electron chi connectivity index (χ3n) is 4.66. The van der Waals surface area contributed by atoms with Crippen LogP contribution in [-0.2, 0) is 9.47 Å². The number of morpholine rings is 1. The first-order valence-corrected chi connectivity index (χ1v) is 8.49. The number of amides is 1. The van der Waals surface area contributed by atoms with Gasteiger partial charge in [0.25, 0.3) is 5.91 Å². The number of fused-ring (bicyclic) bond motifs is 1. The van der Waals surface area contributed by atoms with Gasteiger partial charge in [0.05, 0.1) is 19.8 Å². The quantitative estimate of drug-likeness (QED) is 0.830. The highest BCUT2D eigenvalue weighted by Crippen LogP contribution is 2.28. The molecule has 136 valence electrons. The molecule has 25 heavy (non-hydrogen) atoms. The summed E-state index contributed by atoms with van der Waals surface area (Å²) in [6, 6.07) is 7.68. The molecule has 1 aliphatic heterocycles. The number of likely N-dealkylation sites (N-methyl/N-ethyl adjacent to an activating group) is 1. The van der Waals surface area contributed by atoms with Gasteiger partial charge in [-0.25, -0.2) is 0 Å². The van der Waals surface area contributed by atoms with Gasteiger partial charge in [-0.1, -0.05) is 12.1 Å². The smallest absolute Gasteiger partial charge is 0.290 e. The molecule has 1 amide bonds. The lowest BCUT2D eigenvalue weighted by atomic mass is 9.96. The maximum absolute atomic E-state index is 13.3. The molecule has 1 atom stereocenters. The largest absolute Gasteiger partial charge is 0.451 e. The molecular formula is C19H26N2O4. The van der Waals surface area contributed by atoms with E-state index in [1.54, 1.807) is 7.11 Å². The van der Waals surface area contributed by atoms with Gasteiger partial charge in [0, 0.05) is 25.6 Å². The summed E-state index contributed by atoms with van der Waals surface area (Å²) in [7, 11) is 5.62. The van der Waals surface area contributed by atoms with Crippen molar-refractivity contribution >= 4 is 16.9 Å². The van der Waals surface area contributed by atoms with Crippen molar-refractivity contribution in [1.82, 2.24) is 9.80 Å². The number of benzene rings is 1. The Hall–Kier alpha value is -1.89. The fourth-order valence-electron chi connectivity index (χ4n) is 3.65. The van der Waals surface area contributed by atoms with Crippen molar-refractivity contribution in [2.24, 2.45) is 0 Å². The lowest BCUT2D eigenvalue weighted by Gasteiger charge is -2.47. The van der Waals surface area contributed by atoms with Crippen molar-refractivity contribution in [2.45, 2.75) is 12.5 Å². The summed E-state index contributed by atoms with van der Waals surface area (Å²) in [6.45, 7) is 4.57. The fourth-order valence-corrected chi connectivity index (χ4v) is 3.65. The van der Waals surface area contributed by atoms with Gasteiger partial charge in [-0.05, 0) is 38.7 Å². The monoisotopic (exact) mass is 346 g/mol. The van der Waals surface area contributed by atoms with Crippen LogP contribution in [-0.4, -0.2) is 75.4 Å². The number of carbonyl (C=O) groups is 1. The first-order chi connectivity index (χ1) is 12.0. The first-order valence-electron chi connectivity index (χ1n) is 8.49. The van der Waals surface area contributed by atoms with E-state index in [2.05, 4.69) is 4.90 Å². The predicted molar refractivity (Wildman–Crippen MR) is 96.0 cm³/mol. The lowest BCUT2D eigenvalue weighted by molar-refractivity contribution is -0.0901. The second kappa shape index (κ2) is 7.15. The van der Waals surface area contributed by atoms with E-state index in [1.807, 2.05) is 50.2 Å². The highest BCUT2D eigenvalue weighted by molar-refractivity contribution is 5.97. The molecule has 0 spiro atoms. The summed E-state index contributed by atoms with van der Waals surface area (Å²) in [4.78, 5) is 17.2. The van der Waals surface area contributed by atoms with Crippen LogP contribution in [0.5, 0.6) is 0 Å². The molecule has 1 unspecified atom stereocenters. The standard InChI is InChI=1S/C19H26N2O4/c1-14-6-5-7-16-15(14)10-17(25-16)18(22)21-8-9-24-13-19(21,12-23-4)11-20(2)3/h5-7,10H,8-9,11-13H2,1-4H3. The van der Waals surface area contributed by atoms with Gasteiger partial charge in [0.1, 0.15) is 11.1 Å². The third kappa shape index (κ3) is 3.42. The third-order valence-corrected chi connectivity index (χ3v) is 4.66. The van der Waals surface area contributed by atoms with E-state index in [-0.39, 0.29) is 5.91 Å². The number of furan rings is 1. The Morgan fingerprint density at radius 3 is 2.88 bits per heavy atom. The lowest BCUT2D eigenvalue weighted by Crippen LogP contribution is -2.65. The molecule has 2 heterocycles. The number of ether oxygens (including phenoxy) is 2. The van der Waals surface area contributed by atoms with E-state index in [0.717, 1.165) is 16.5 Å². The van der Waals surface area contributed by atoms with Crippen LogP contribution in [0.25, 0.3) is 11.0 Å². The van der Waals surface area contributed by atoms with Crippen molar-refractivity contribution in [1.29, 1.82) is 0 Å². The van der Waals surface area contributed by atoms with Gasteiger partial charge in [-0.2, -0.15) is 0 Å². The molecule has 6 heteroatoms. The van der Waals surface area contributed by atoms with E-state index in [1.165, 1.54) is 0 Å². The molecule has 0 bridgehead atoms. The minimum atomic E-state index is -0.526. The molecular weight excluding hydrogens is 320 g/mol. The van der Waals surface area contributed by atoms with Crippen LogP contribution in [0.15, 0.2) is 28.7 Å². The number of nitrogens with zero attached hydrogens (tertiary/aromatic N) is 2. The van der Waals surface area contributed by atoms with Gasteiger partial charge in [-0.3, -0.25) is 4.79 Å². The number of methoxy groups -OCH3 is 1. The van der Waals surface area contributed by atoms with E-state index < -0.39 is 5.54 Å². The molecule has 1 aromatic heterocycles. The molecule has 0 N–H and O–H groups in total. The number of aryl methyl sites for hydroxylation is 1. The van der Waals surface area contributed by atoms with Crippen LogP contribution in [0.1, 0.15) is 16.1 Å². The van der Waals surface area contributed by atoms with Crippen molar-refractivity contribution in [3.63, 3.8) is 0 Å². The van der Waals surface area contributed by atoms with Crippen LogP contribution in [0.3, 0.4) is 0 Å². The maximum atomic E-state index is 13.3. The summed E-state index contributed by atoms with van der Waals surface area (Å²) in [5, 5.41) is 0.976.